The lowest BCUT2D eigenvalue weighted by Crippen LogP contribution is -2.31. The van der Waals surface area contributed by atoms with Crippen LogP contribution in [0.3, 0.4) is 0 Å². The second-order valence-corrected chi connectivity index (χ2v) is 8.47. The van der Waals surface area contributed by atoms with Crippen molar-refractivity contribution >= 4 is 16.8 Å². The molecule has 0 amide bonds. The number of hydrogen-bond acceptors (Lipinski definition) is 6. The molecule has 0 spiro atoms. The molecule has 1 atom stereocenters. The first-order valence-electron chi connectivity index (χ1n) is 10.8. The minimum absolute atomic E-state index is 0.436. The van der Waals surface area contributed by atoms with E-state index in [9.17, 15) is 5.26 Å². The third-order valence-electron chi connectivity index (χ3n) is 6.33. The molecule has 0 aliphatic carbocycles. The molecule has 32 heavy (non-hydrogen) atoms. The quantitative estimate of drug-likeness (QED) is 0.466. The van der Waals surface area contributed by atoms with Gasteiger partial charge >= 0.3 is 0 Å². The van der Waals surface area contributed by atoms with Gasteiger partial charge in [-0.1, -0.05) is 36.4 Å². The van der Waals surface area contributed by atoms with Crippen molar-refractivity contribution in [3.8, 4) is 28.8 Å². The zero-order valence-electron chi connectivity index (χ0n) is 18.5. The number of hydrogen-bond donors (Lipinski definition) is 0. The molecule has 1 saturated heterocycles. The molecule has 4 aromatic rings. The van der Waals surface area contributed by atoms with E-state index in [4.69, 9.17) is 9.40 Å². The third-order valence-corrected chi connectivity index (χ3v) is 6.33. The van der Waals surface area contributed by atoms with Gasteiger partial charge in [0.15, 0.2) is 5.58 Å². The lowest BCUT2D eigenvalue weighted by Gasteiger charge is -2.25. The maximum absolute atomic E-state index is 10.1. The summed E-state index contributed by atoms with van der Waals surface area (Å²) in [4.78, 5) is 13.8. The van der Waals surface area contributed by atoms with Crippen molar-refractivity contribution in [2.75, 3.05) is 32.1 Å². The Balaban J connectivity index is 1.81. The minimum atomic E-state index is 0.436. The molecule has 6 nitrogen and oxygen atoms in total. The molecule has 5 rings (SSSR count). The zero-order chi connectivity index (χ0) is 22.2. The first-order valence-corrected chi connectivity index (χ1v) is 10.8. The van der Waals surface area contributed by atoms with E-state index in [0.29, 0.717) is 34.3 Å². The average Bonchev–Trinajstić information content (AvgIpc) is 3.48. The van der Waals surface area contributed by atoms with Crippen LogP contribution in [0.15, 0.2) is 59.1 Å². The van der Waals surface area contributed by atoms with Gasteiger partial charge in [0.2, 0.25) is 5.89 Å². The summed E-state index contributed by atoms with van der Waals surface area (Å²) in [6.45, 7) is 3.83. The lowest BCUT2D eigenvalue weighted by molar-refractivity contribution is 0.315. The fraction of sp³-hybridized carbons (Fsp3) is 0.269. The Hall–Kier alpha value is -3.69. The van der Waals surface area contributed by atoms with Crippen LogP contribution in [0, 0.1) is 18.3 Å². The smallest absolute Gasteiger partial charge is 0.246 e. The highest BCUT2D eigenvalue weighted by molar-refractivity contribution is 6.03. The molecule has 0 radical (unpaired) electrons. The van der Waals surface area contributed by atoms with Gasteiger partial charge in [0, 0.05) is 30.9 Å². The molecule has 1 aliphatic rings. The predicted molar refractivity (Wildman–Crippen MR) is 126 cm³/mol. The Bertz CT molecular complexity index is 1310. The summed E-state index contributed by atoms with van der Waals surface area (Å²) in [5, 5.41) is 10.1. The van der Waals surface area contributed by atoms with Crippen molar-refractivity contribution in [2.45, 2.75) is 19.4 Å². The van der Waals surface area contributed by atoms with E-state index in [1.165, 1.54) is 0 Å². The predicted octanol–water partition coefficient (Wildman–Crippen LogP) is 4.88. The standard InChI is InChI=1S/C26H25N5O/c1-17-20(15-27)23-25(32-26(29-23)21-11-7-8-13-28-21)24(22(17)18-9-5-4-6-10-18)31-14-12-19(16-31)30(2)3/h4-11,13,19H,12,14,16H2,1-3H3. The number of nitrogens with zero attached hydrogens (tertiary/aromatic N) is 5. The highest BCUT2D eigenvalue weighted by Crippen LogP contribution is 2.44. The number of aromatic nitrogens is 2. The maximum atomic E-state index is 10.1. The number of rotatable bonds is 4. The number of anilines is 1. The van der Waals surface area contributed by atoms with Crippen molar-refractivity contribution in [1.82, 2.24) is 14.9 Å². The van der Waals surface area contributed by atoms with Crippen molar-refractivity contribution in [2.24, 2.45) is 0 Å². The van der Waals surface area contributed by atoms with E-state index in [1.54, 1.807) is 6.20 Å². The van der Waals surface area contributed by atoms with Crippen LogP contribution < -0.4 is 4.90 Å². The minimum Gasteiger partial charge on any atom is -0.432 e. The van der Waals surface area contributed by atoms with Gasteiger partial charge in [-0.05, 0) is 50.7 Å². The number of benzene rings is 2. The van der Waals surface area contributed by atoms with Crippen molar-refractivity contribution in [3.63, 3.8) is 0 Å². The number of pyridine rings is 1. The first kappa shape index (κ1) is 20.2. The molecular weight excluding hydrogens is 398 g/mol. The van der Waals surface area contributed by atoms with Crippen LogP contribution in [0.4, 0.5) is 5.69 Å². The highest BCUT2D eigenvalue weighted by atomic mass is 16.3. The Morgan fingerprint density at radius 2 is 1.91 bits per heavy atom. The normalized spacial score (nSPS) is 16.1. The van der Waals surface area contributed by atoms with Gasteiger partial charge in [0.25, 0.3) is 0 Å². The zero-order valence-corrected chi connectivity index (χ0v) is 18.5. The molecule has 2 aromatic carbocycles. The summed E-state index contributed by atoms with van der Waals surface area (Å²) in [6.07, 6.45) is 2.79. The summed E-state index contributed by atoms with van der Waals surface area (Å²) in [5.74, 6) is 0.436. The largest absolute Gasteiger partial charge is 0.432 e. The molecule has 160 valence electrons. The highest BCUT2D eigenvalue weighted by Gasteiger charge is 2.31. The van der Waals surface area contributed by atoms with Gasteiger partial charge in [-0.25, -0.2) is 4.98 Å². The summed E-state index contributed by atoms with van der Waals surface area (Å²) >= 11 is 0. The number of likely N-dealkylation sites (N-methyl/N-ethyl adjacent to an activating group) is 1. The van der Waals surface area contributed by atoms with E-state index >= 15 is 0 Å². The van der Waals surface area contributed by atoms with Crippen molar-refractivity contribution < 1.29 is 4.42 Å². The van der Waals surface area contributed by atoms with E-state index in [0.717, 1.165) is 41.9 Å². The number of oxazole rings is 1. The van der Waals surface area contributed by atoms with Gasteiger partial charge < -0.3 is 14.2 Å². The monoisotopic (exact) mass is 423 g/mol. The van der Waals surface area contributed by atoms with E-state index in [2.05, 4.69) is 47.1 Å². The topological polar surface area (TPSA) is 69.2 Å². The Kier molecular flexibility index (Phi) is 5.12. The molecule has 0 saturated carbocycles. The molecule has 0 N–H and O–H groups in total. The van der Waals surface area contributed by atoms with Crippen LogP contribution in [0.1, 0.15) is 17.5 Å². The van der Waals surface area contributed by atoms with E-state index in [-0.39, 0.29) is 0 Å². The molecule has 6 heteroatoms. The van der Waals surface area contributed by atoms with Crippen LogP contribution in [-0.2, 0) is 0 Å². The fourth-order valence-corrected chi connectivity index (χ4v) is 4.61. The van der Waals surface area contributed by atoms with Crippen LogP contribution in [-0.4, -0.2) is 48.1 Å². The van der Waals surface area contributed by atoms with Crippen LogP contribution in [0.5, 0.6) is 0 Å². The molecular formula is C26H25N5O. The third kappa shape index (κ3) is 3.31. The second-order valence-electron chi connectivity index (χ2n) is 8.47. The Morgan fingerprint density at radius 3 is 2.56 bits per heavy atom. The molecule has 2 aromatic heterocycles. The van der Waals surface area contributed by atoms with Crippen LogP contribution >= 0.6 is 0 Å². The van der Waals surface area contributed by atoms with Gasteiger partial charge in [-0.3, -0.25) is 4.98 Å². The van der Waals surface area contributed by atoms with Crippen molar-refractivity contribution in [1.29, 1.82) is 5.26 Å². The molecule has 3 heterocycles. The van der Waals surface area contributed by atoms with E-state index in [1.807, 2.05) is 43.3 Å². The molecule has 1 aliphatic heterocycles. The second kappa shape index (κ2) is 8.10. The number of fused-ring (bicyclic) bond motifs is 1. The van der Waals surface area contributed by atoms with Crippen LogP contribution in [0.25, 0.3) is 33.8 Å². The Labute approximate surface area is 187 Å². The molecule has 1 fully saturated rings. The summed E-state index contributed by atoms with van der Waals surface area (Å²) in [5.41, 5.74) is 6.53. The Morgan fingerprint density at radius 1 is 1.12 bits per heavy atom. The number of nitriles is 1. The van der Waals surface area contributed by atoms with Gasteiger partial charge in [0.1, 0.15) is 17.3 Å². The van der Waals surface area contributed by atoms with Gasteiger partial charge in [-0.2, -0.15) is 5.26 Å². The van der Waals surface area contributed by atoms with Gasteiger partial charge in [0.05, 0.1) is 11.3 Å². The first-order chi connectivity index (χ1) is 15.6. The SMILES string of the molecule is Cc1c(-c2ccccc2)c(N2CCC(N(C)C)C2)c2oc(-c3ccccn3)nc2c1C#N. The molecule has 0 bridgehead atoms. The summed E-state index contributed by atoms with van der Waals surface area (Å²) in [7, 11) is 4.25. The lowest BCUT2D eigenvalue weighted by atomic mass is 9.93. The summed E-state index contributed by atoms with van der Waals surface area (Å²) in [6, 6.07) is 18.7. The fourth-order valence-electron chi connectivity index (χ4n) is 4.61. The molecule has 1 unspecified atom stereocenters. The summed E-state index contributed by atoms with van der Waals surface area (Å²) < 4.78 is 6.37. The van der Waals surface area contributed by atoms with E-state index < -0.39 is 0 Å². The van der Waals surface area contributed by atoms with Crippen molar-refractivity contribution in [3.05, 3.63) is 65.9 Å². The van der Waals surface area contributed by atoms with Gasteiger partial charge in [-0.15, -0.1) is 0 Å². The average molecular weight is 424 g/mol. The maximum Gasteiger partial charge on any atom is 0.246 e. The van der Waals surface area contributed by atoms with Crippen LogP contribution in [0.2, 0.25) is 0 Å².